The fourth-order valence-corrected chi connectivity index (χ4v) is 6.13. The third kappa shape index (κ3) is 4.14. The summed E-state index contributed by atoms with van der Waals surface area (Å²) in [5, 5.41) is 0.867. The number of nitrogens with zero attached hydrogens (tertiary/aromatic N) is 5. The van der Waals surface area contributed by atoms with Crippen molar-refractivity contribution in [2.45, 2.75) is 25.9 Å². The van der Waals surface area contributed by atoms with Gasteiger partial charge in [0.15, 0.2) is 0 Å². The molecule has 1 fully saturated rings. The lowest BCUT2D eigenvalue weighted by atomic mass is 10.1. The summed E-state index contributed by atoms with van der Waals surface area (Å²) in [7, 11) is 3.86. The third-order valence-electron chi connectivity index (χ3n) is 6.69. The third-order valence-corrected chi connectivity index (χ3v) is 7.81. The van der Waals surface area contributed by atoms with Crippen molar-refractivity contribution in [2.24, 2.45) is 0 Å². The van der Waals surface area contributed by atoms with Gasteiger partial charge in [0.2, 0.25) is 0 Å². The van der Waals surface area contributed by atoms with Crippen LogP contribution in [-0.4, -0.2) is 72.8 Å². The monoisotopic (exact) mass is 453 g/mol. The van der Waals surface area contributed by atoms with Crippen LogP contribution in [0.15, 0.2) is 35.4 Å². The molecule has 1 saturated heterocycles. The van der Waals surface area contributed by atoms with Crippen LogP contribution in [0.1, 0.15) is 16.9 Å². The second kappa shape index (κ2) is 9.21. The highest BCUT2D eigenvalue weighted by Gasteiger charge is 2.22. The van der Waals surface area contributed by atoms with Crippen molar-refractivity contribution in [2.75, 3.05) is 58.3 Å². The second-order valence-electron chi connectivity index (χ2n) is 8.77. The number of fused-ring (bicyclic) bond motifs is 3. The predicted octanol–water partition coefficient (Wildman–Crippen LogP) is 2.67. The topological polar surface area (TPSA) is 53.8 Å². The van der Waals surface area contributed by atoms with E-state index in [1.807, 2.05) is 16.7 Å². The summed E-state index contributed by atoms with van der Waals surface area (Å²) >= 11 is 1.69. The lowest BCUT2D eigenvalue weighted by Gasteiger charge is -2.36. The van der Waals surface area contributed by atoms with E-state index in [1.54, 1.807) is 24.8 Å². The van der Waals surface area contributed by atoms with E-state index >= 15 is 0 Å². The van der Waals surface area contributed by atoms with Crippen LogP contribution in [0.3, 0.4) is 0 Å². The summed E-state index contributed by atoms with van der Waals surface area (Å²) in [5.74, 6) is 0.936. The van der Waals surface area contributed by atoms with Crippen molar-refractivity contribution in [3.05, 3.63) is 51.4 Å². The molecule has 0 N–H and O–H groups in total. The zero-order valence-corrected chi connectivity index (χ0v) is 19.7. The van der Waals surface area contributed by atoms with Crippen molar-refractivity contribution in [1.29, 1.82) is 0 Å². The number of likely N-dealkylation sites (N-methyl/N-ethyl adjacent to an activating group) is 1. The van der Waals surface area contributed by atoms with Crippen LogP contribution >= 0.6 is 11.3 Å². The van der Waals surface area contributed by atoms with Crippen molar-refractivity contribution in [3.8, 4) is 5.75 Å². The van der Waals surface area contributed by atoms with E-state index < -0.39 is 0 Å². The Morgan fingerprint density at radius 3 is 2.72 bits per heavy atom. The molecule has 0 unspecified atom stereocenters. The number of aryl methyl sites for hydroxylation is 1. The molecule has 3 aromatic rings. The fraction of sp³-hybridized carbons (Fsp3) is 0.500. The number of rotatable bonds is 6. The maximum atomic E-state index is 13.2. The molecule has 0 spiro atoms. The molecule has 170 valence electrons. The zero-order valence-electron chi connectivity index (χ0n) is 18.9. The van der Waals surface area contributed by atoms with Crippen molar-refractivity contribution in [3.63, 3.8) is 0 Å². The SMILES string of the molecule is COc1ccccc1N1CCN(CCCn2cnc3sc4c(c3c2=O)CCN(C)C4)CC1. The van der Waals surface area contributed by atoms with Gasteiger partial charge in [0.1, 0.15) is 10.6 Å². The number of ether oxygens (including phenoxy) is 1. The average Bonchev–Trinajstić information content (AvgIpc) is 3.19. The summed E-state index contributed by atoms with van der Waals surface area (Å²) in [5.41, 5.74) is 2.55. The van der Waals surface area contributed by atoms with Gasteiger partial charge in [-0.15, -0.1) is 11.3 Å². The summed E-state index contributed by atoms with van der Waals surface area (Å²) in [6.07, 6.45) is 3.65. The highest BCUT2D eigenvalue weighted by Crippen LogP contribution is 2.32. The van der Waals surface area contributed by atoms with Gasteiger partial charge < -0.3 is 14.5 Å². The average molecular weight is 454 g/mol. The number of hydrogen-bond donors (Lipinski definition) is 0. The van der Waals surface area contributed by atoms with Crippen LogP contribution in [0.2, 0.25) is 0 Å². The minimum Gasteiger partial charge on any atom is -0.495 e. The minimum atomic E-state index is 0.137. The molecular weight excluding hydrogens is 422 g/mol. The Labute approximate surface area is 192 Å². The number of hydrogen-bond acceptors (Lipinski definition) is 7. The first-order valence-corrected chi connectivity index (χ1v) is 12.2. The largest absolute Gasteiger partial charge is 0.495 e. The molecule has 0 aliphatic carbocycles. The van der Waals surface area contributed by atoms with Gasteiger partial charge >= 0.3 is 0 Å². The Morgan fingerprint density at radius 1 is 1.09 bits per heavy atom. The van der Waals surface area contributed by atoms with E-state index in [9.17, 15) is 4.79 Å². The molecule has 2 aromatic heterocycles. The first-order chi connectivity index (χ1) is 15.6. The molecule has 7 nitrogen and oxygen atoms in total. The standard InChI is InChI=1S/C24H31N5O2S/c1-26-11-8-18-21(16-26)32-23-22(18)24(30)29(17-25-23)10-5-9-27-12-14-28(15-13-27)19-6-3-4-7-20(19)31-2/h3-4,6-7,17H,5,8-16H2,1-2H3. The summed E-state index contributed by atoms with van der Waals surface area (Å²) in [6, 6.07) is 8.23. The van der Waals surface area contributed by atoms with Crippen LogP contribution < -0.4 is 15.2 Å². The van der Waals surface area contributed by atoms with Crippen LogP contribution in [0.4, 0.5) is 5.69 Å². The first-order valence-electron chi connectivity index (χ1n) is 11.4. The Kier molecular flexibility index (Phi) is 6.17. The van der Waals surface area contributed by atoms with Gasteiger partial charge in [-0.3, -0.25) is 14.3 Å². The van der Waals surface area contributed by atoms with Gasteiger partial charge in [-0.2, -0.15) is 0 Å². The molecule has 0 radical (unpaired) electrons. The van der Waals surface area contributed by atoms with E-state index in [4.69, 9.17) is 4.74 Å². The quantitative estimate of drug-likeness (QED) is 0.572. The minimum absolute atomic E-state index is 0.137. The predicted molar refractivity (Wildman–Crippen MR) is 130 cm³/mol. The van der Waals surface area contributed by atoms with E-state index in [2.05, 4.69) is 38.9 Å². The molecular formula is C24H31N5O2S. The molecule has 0 atom stereocenters. The number of piperazine rings is 1. The van der Waals surface area contributed by atoms with Gasteiger partial charge in [-0.25, -0.2) is 4.98 Å². The van der Waals surface area contributed by atoms with E-state index in [-0.39, 0.29) is 5.56 Å². The Balaban J connectivity index is 1.19. The number of benzene rings is 1. The molecule has 2 aliphatic rings. The van der Waals surface area contributed by atoms with Crippen molar-refractivity contribution < 1.29 is 4.74 Å². The second-order valence-corrected chi connectivity index (χ2v) is 9.85. The molecule has 0 saturated carbocycles. The molecule has 5 rings (SSSR count). The smallest absolute Gasteiger partial charge is 0.262 e. The maximum absolute atomic E-state index is 13.2. The first kappa shape index (κ1) is 21.4. The van der Waals surface area contributed by atoms with Gasteiger partial charge in [0, 0.05) is 50.7 Å². The summed E-state index contributed by atoms with van der Waals surface area (Å²) in [6.45, 7) is 7.68. The molecule has 1 aromatic carbocycles. The molecule has 2 aliphatic heterocycles. The molecule has 0 amide bonds. The van der Waals surface area contributed by atoms with Crippen LogP contribution in [0.5, 0.6) is 5.75 Å². The summed E-state index contributed by atoms with van der Waals surface area (Å²) < 4.78 is 7.34. The lowest BCUT2D eigenvalue weighted by Crippen LogP contribution is -2.46. The lowest BCUT2D eigenvalue weighted by molar-refractivity contribution is 0.249. The number of methoxy groups -OCH3 is 1. The van der Waals surface area contributed by atoms with Gasteiger partial charge in [0.25, 0.3) is 5.56 Å². The Bertz CT molecular complexity index is 1150. The Morgan fingerprint density at radius 2 is 1.91 bits per heavy atom. The zero-order chi connectivity index (χ0) is 22.1. The molecule has 8 heteroatoms. The number of para-hydroxylation sites is 2. The molecule has 4 heterocycles. The highest BCUT2D eigenvalue weighted by molar-refractivity contribution is 7.18. The number of aromatic nitrogens is 2. The fourth-order valence-electron chi connectivity index (χ4n) is 4.87. The normalized spacial score (nSPS) is 17.6. The Hall–Kier alpha value is -2.42. The van der Waals surface area contributed by atoms with Gasteiger partial charge in [0.05, 0.1) is 24.5 Å². The van der Waals surface area contributed by atoms with Gasteiger partial charge in [-0.1, -0.05) is 12.1 Å². The van der Waals surface area contributed by atoms with Crippen molar-refractivity contribution in [1.82, 2.24) is 19.4 Å². The van der Waals surface area contributed by atoms with Crippen LogP contribution in [0.25, 0.3) is 10.2 Å². The highest BCUT2D eigenvalue weighted by atomic mass is 32.1. The van der Waals surface area contributed by atoms with Crippen LogP contribution in [-0.2, 0) is 19.5 Å². The van der Waals surface area contributed by atoms with Gasteiger partial charge in [-0.05, 0) is 44.1 Å². The summed E-state index contributed by atoms with van der Waals surface area (Å²) in [4.78, 5) is 27.2. The molecule has 32 heavy (non-hydrogen) atoms. The van der Waals surface area contributed by atoms with Crippen molar-refractivity contribution >= 4 is 27.2 Å². The number of anilines is 1. The number of thiophene rings is 1. The van der Waals surface area contributed by atoms with Crippen LogP contribution in [0, 0.1) is 0 Å². The van der Waals surface area contributed by atoms with E-state index in [0.717, 1.165) is 81.2 Å². The van der Waals surface area contributed by atoms with E-state index in [0.29, 0.717) is 0 Å². The maximum Gasteiger partial charge on any atom is 0.262 e. The molecule has 0 bridgehead atoms. The van der Waals surface area contributed by atoms with E-state index in [1.165, 1.54) is 16.1 Å².